The van der Waals surface area contributed by atoms with Crippen molar-refractivity contribution in [2.24, 2.45) is 0 Å². The number of aromatic nitrogens is 2. The Kier molecular flexibility index (Phi) is 3.83. The van der Waals surface area contributed by atoms with Crippen LogP contribution in [-0.4, -0.2) is 22.2 Å². The Bertz CT molecular complexity index is 640. The molecule has 0 spiro atoms. The highest BCUT2D eigenvalue weighted by Gasteiger charge is 2.28. The van der Waals surface area contributed by atoms with E-state index < -0.39 is 6.10 Å². The molecule has 0 aliphatic heterocycles. The largest absolute Gasteiger partial charge is 0.481 e. The first-order valence-electron chi connectivity index (χ1n) is 6.68. The molecule has 3 rings (SSSR count). The molecule has 1 aliphatic carbocycles. The summed E-state index contributed by atoms with van der Waals surface area (Å²) in [4.78, 5) is 12.0. The van der Waals surface area contributed by atoms with Crippen LogP contribution in [0.4, 0.5) is 9.52 Å². The van der Waals surface area contributed by atoms with Gasteiger partial charge in [-0.25, -0.2) is 4.39 Å². The number of amides is 1. The number of carbonyl (C=O) groups excluding carboxylic acids is 1. The average Bonchev–Trinajstić information content (AvgIpc) is 3.22. The van der Waals surface area contributed by atoms with E-state index in [0.717, 1.165) is 17.8 Å². The van der Waals surface area contributed by atoms with Crippen molar-refractivity contribution in [2.75, 3.05) is 5.32 Å². The molecule has 1 N–H and O–H groups in total. The quantitative estimate of drug-likeness (QED) is 0.922. The van der Waals surface area contributed by atoms with E-state index in [1.807, 2.05) is 0 Å². The van der Waals surface area contributed by atoms with Gasteiger partial charge < -0.3 is 4.74 Å². The molecule has 1 aliphatic rings. The van der Waals surface area contributed by atoms with E-state index >= 15 is 0 Å². The minimum atomic E-state index is -0.705. The second kappa shape index (κ2) is 5.77. The fourth-order valence-electron chi connectivity index (χ4n) is 1.76. The van der Waals surface area contributed by atoms with Crippen LogP contribution in [0.15, 0.2) is 24.3 Å². The summed E-state index contributed by atoms with van der Waals surface area (Å²) in [7, 11) is 0. The zero-order chi connectivity index (χ0) is 14.8. The summed E-state index contributed by atoms with van der Waals surface area (Å²) >= 11 is 1.40. The predicted molar refractivity (Wildman–Crippen MR) is 77.0 cm³/mol. The summed E-state index contributed by atoms with van der Waals surface area (Å²) < 4.78 is 18.2. The van der Waals surface area contributed by atoms with Gasteiger partial charge in [0.15, 0.2) is 6.10 Å². The van der Waals surface area contributed by atoms with Crippen molar-refractivity contribution < 1.29 is 13.9 Å². The van der Waals surface area contributed by atoms with E-state index in [9.17, 15) is 9.18 Å². The van der Waals surface area contributed by atoms with Crippen molar-refractivity contribution in [1.82, 2.24) is 10.2 Å². The van der Waals surface area contributed by atoms with Gasteiger partial charge in [0.05, 0.1) is 0 Å². The number of nitrogens with one attached hydrogen (secondary N) is 1. The highest BCUT2D eigenvalue weighted by Crippen LogP contribution is 2.42. The highest BCUT2D eigenvalue weighted by molar-refractivity contribution is 7.15. The first-order chi connectivity index (χ1) is 10.1. The second-order valence-corrected chi connectivity index (χ2v) is 5.93. The molecule has 0 radical (unpaired) electrons. The topological polar surface area (TPSA) is 64.1 Å². The molecule has 2 aromatic rings. The highest BCUT2D eigenvalue weighted by atomic mass is 32.1. The Balaban J connectivity index is 1.57. The molecule has 110 valence electrons. The van der Waals surface area contributed by atoms with Gasteiger partial charge in [0.2, 0.25) is 5.13 Å². The van der Waals surface area contributed by atoms with E-state index in [1.165, 1.54) is 35.6 Å². The normalized spacial score (nSPS) is 15.5. The number of nitrogens with zero attached hydrogens (tertiary/aromatic N) is 2. The molecule has 1 amide bonds. The number of rotatable bonds is 5. The second-order valence-electron chi connectivity index (χ2n) is 4.92. The third-order valence-corrected chi connectivity index (χ3v) is 4.09. The molecule has 0 bridgehead atoms. The molecular weight excluding hydrogens is 293 g/mol. The Labute approximate surface area is 125 Å². The number of carbonyl (C=O) groups is 1. The third-order valence-electron chi connectivity index (χ3n) is 3.09. The molecule has 21 heavy (non-hydrogen) atoms. The molecule has 1 fully saturated rings. The van der Waals surface area contributed by atoms with E-state index in [0.29, 0.717) is 16.8 Å². The number of halogens is 1. The minimum absolute atomic E-state index is 0.308. The van der Waals surface area contributed by atoms with Gasteiger partial charge in [0, 0.05) is 5.92 Å². The Morgan fingerprint density at radius 1 is 1.38 bits per heavy atom. The fourth-order valence-corrected chi connectivity index (χ4v) is 2.67. The lowest BCUT2D eigenvalue weighted by Crippen LogP contribution is -2.30. The monoisotopic (exact) mass is 307 g/mol. The molecule has 1 aromatic carbocycles. The van der Waals surface area contributed by atoms with Crippen molar-refractivity contribution in [3.63, 3.8) is 0 Å². The van der Waals surface area contributed by atoms with E-state index in [4.69, 9.17) is 4.74 Å². The number of hydrogen-bond donors (Lipinski definition) is 1. The van der Waals surface area contributed by atoms with Gasteiger partial charge in [-0.1, -0.05) is 11.3 Å². The van der Waals surface area contributed by atoms with Crippen molar-refractivity contribution >= 4 is 22.4 Å². The maximum Gasteiger partial charge on any atom is 0.266 e. The van der Waals surface area contributed by atoms with Gasteiger partial charge in [0.25, 0.3) is 5.91 Å². The molecule has 7 heteroatoms. The summed E-state index contributed by atoms with van der Waals surface area (Å²) in [6, 6.07) is 5.53. The van der Waals surface area contributed by atoms with Crippen LogP contribution < -0.4 is 10.1 Å². The van der Waals surface area contributed by atoms with Crippen molar-refractivity contribution in [1.29, 1.82) is 0 Å². The molecule has 1 atom stereocenters. The van der Waals surface area contributed by atoms with Crippen LogP contribution in [0.2, 0.25) is 0 Å². The summed E-state index contributed by atoms with van der Waals surface area (Å²) in [6.45, 7) is 1.63. The maximum atomic E-state index is 12.8. The van der Waals surface area contributed by atoms with E-state index in [-0.39, 0.29) is 11.7 Å². The Hall–Kier alpha value is -2.02. The molecule has 1 aromatic heterocycles. The van der Waals surface area contributed by atoms with Gasteiger partial charge in [0.1, 0.15) is 16.6 Å². The van der Waals surface area contributed by atoms with Crippen LogP contribution in [0, 0.1) is 5.82 Å². The number of hydrogen-bond acceptors (Lipinski definition) is 5. The predicted octanol–water partition coefficient (Wildman–Crippen LogP) is 2.96. The molecular formula is C14H14FN3O2S. The SMILES string of the molecule is CC(Oc1ccc(F)cc1)C(=O)Nc1nnc(C2CC2)s1. The zero-order valence-corrected chi connectivity index (χ0v) is 12.2. The lowest BCUT2D eigenvalue weighted by atomic mass is 10.3. The number of ether oxygens (including phenoxy) is 1. The van der Waals surface area contributed by atoms with E-state index in [2.05, 4.69) is 15.5 Å². The van der Waals surface area contributed by atoms with Gasteiger partial charge in [-0.15, -0.1) is 10.2 Å². The molecule has 0 saturated heterocycles. The van der Waals surface area contributed by atoms with E-state index in [1.54, 1.807) is 6.92 Å². The Morgan fingerprint density at radius 2 is 2.10 bits per heavy atom. The smallest absolute Gasteiger partial charge is 0.266 e. The van der Waals surface area contributed by atoms with Crippen molar-refractivity contribution in [3.8, 4) is 5.75 Å². The van der Waals surface area contributed by atoms with Crippen LogP contribution in [0.5, 0.6) is 5.75 Å². The van der Waals surface area contributed by atoms with Crippen LogP contribution in [0.25, 0.3) is 0 Å². The Morgan fingerprint density at radius 3 is 2.76 bits per heavy atom. The lowest BCUT2D eigenvalue weighted by Gasteiger charge is -2.13. The van der Waals surface area contributed by atoms with Crippen LogP contribution >= 0.6 is 11.3 Å². The summed E-state index contributed by atoms with van der Waals surface area (Å²) in [5.41, 5.74) is 0. The lowest BCUT2D eigenvalue weighted by molar-refractivity contribution is -0.122. The summed E-state index contributed by atoms with van der Waals surface area (Å²) in [5, 5.41) is 12.1. The first kappa shape index (κ1) is 13.9. The minimum Gasteiger partial charge on any atom is -0.481 e. The van der Waals surface area contributed by atoms with Gasteiger partial charge in [-0.05, 0) is 44.0 Å². The van der Waals surface area contributed by atoms with Crippen molar-refractivity contribution in [2.45, 2.75) is 31.8 Å². The number of benzene rings is 1. The third kappa shape index (κ3) is 3.55. The van der Waals surface area contributed by atoms with Crippen LogP contribution in [0.3, 0.4) is 0 Å². The van der Waals surface area contributed by atoms with Gasteiger partial charge in [-0.3, -0.25) is 10.1 Å². The van der Waals surface area contributed by atoms with Crippen LogP contribution in [0.1, 0.15) is 30.7 Å². The molecule has 5 nitrogen and oxygen atoms in total. The molecule has 1 unspecified atom stereocenters. The number of anilines is 1. The summed E-state index contributed by atoms with van der Waals surface area (Å²) in [6.07, 6.45) is 1.59. The first-order valence-corrected chi connectivity index (χ1v) is 7.50. The van der Waals surface area contributed by atoms with Gasteiger partial charge >= 0.3 is 0 Å². The van der Waals surface area contributed by atoms with Crippen LogP contribution in [-0.2, 0) is 4.79 Å². The maximum absolute atomic E-state index is 12.8. The fraction of sp³-hybridized carbons (Fsp3) is 0.357. The standard InChI is InChI=1S/C14H14FN3O2S/c1-8(20-11-6-4-10(15)5-7-11)12(19)16-14-18-17-13(21-14)9-2-3-9/h4-9H,2-3H2,1H3,(H,16,18,19). The van der Waals surface area contributed by atoms with Crippen molar-refractivity contribution in [3.05, 3.63) is 35.1 Å². The summed E-state index contributed by atoms with van der Waals surface area (Å²) in [5.74, 6) is 0.301. The average molecular weight is 307 g/mol. The van der Waals surface area contributed by atoms with Gasteiger partial charge in [-0.2, -0.15) is 0 Å². The molecule has 1 saturated carbocycles. The molecule has 1 heterocycles. The zero-order valence-electron chi connectivity index (χ0n) is 11.4.